The zero-order chi connectivity index (χ0) is 11.7. The Hall–Kier alpha value is -0.760. The summed E-state index contributed by atoms with van der Waals surface area (Å²) in [4.78, 5) is 6.54. The number of piperidine rings is 1. The van der Waals surface area contributed by atoms with Gasteiger partial charge < -0.3 is 4.90 Å². The van der Waals surface area contributed by atoms with Crippen LogP contribution in [0.5, 0.6) is 0 Å². The number of nitrogens with zero attached hydrogens (tertiary/aromatic N) is 2. The van der Waals surface area contributed by atoms with E-state index in [1.807, 2.05) is 12.3 Å². The second-order valence-corrected chi connectivity index (χ2v) is 5.76. The zero-order valence-corrected chi connectivity index (χ0v) is 10.9. The Bertz CT molecular complexity index is 394. The largest absolute Gasteiger partial charge is 0.371 e. The third-order valence-electron chi connectivity index (χ3n) is 4.37. The van der Waals surface area contributed by atoms with E-state index in [0.29, 0.717) is 5.15 Å². The summed E-state index contributed by atoms with van der Waals surface area (Å²) in [5.41, 5.74) is 1.24. The fraction of sp³-hybridized carbons (Fsp3) is 0.643. The molecule has 1 aromatic rings. The van der Waals surface area contributed by atoms with E-state index in [1.165, 1.54) is 50.9 Å². The molecular formula is C14H19ClN2. The lowest BCUT2D eigenvalue weighted by atomic mass is 9.75. The molecule has 3 rings (SSSR count). The summed E-state index contributed by atoms with van der Waals surface area (Å²) >= 11 is 5.96. The summed E-state index contributed by atoms with van der Waals surface area (Å²) in [6.07, 6.45) is 8.90. The Labute approximate surface area is 108 Å². The van der Waals surface area contributed by atoms with Gasteiger partial charge in [0.1, 0.15) is 5.15 Å². The molecule has 2 unspecified atom stereocenters. The Kier molecular flexibility index (Phi) is 3.24. The molecule has 0 N–H and O–H groups in total. The van der Waals surface area contributed by atoms with Gasteiger partial charge >= 0.3 is 0 Å². The van der Waals surface area contributed by atoms with E-state index < -0.39 is 0 Å². The summed E-state index contributed by atoms with van der Waals surface area (Å²) in [5, 5.41) is 0.605. The third kappa shape index (κ3) is 2.42. The Morgan fingerprint density at radius 3 is 2.82 bits per heavy atom. The molecule has 0 radical (unpaired) electrons. The van der Waals surface area contributed by atoms with Gasteiger partial charge in [0, 0.05) is 25.0 Å². The van der Waals surface area contributed by atoms with Gasteiger partial charge in [-0.1, -0.05) is 30.9 Å². The van der Waals surface area contributed by atoms with Crippen LogP contribution < -0.4 is 4.90 Å². The first kappa shape index (κ1) is 11.3. The molecule has 2 heterocycles. The molecule has 1 aromatic heterocycles. The van der Waals surface area contributed by atoms with Crippen molar-refractivity contribution in [3.8, 4) is 0 Å². The molecule has 1 aliphatic carbocycles. The molecule has 1 aliphatic heterocycles. The summed E-state index contributed by atoms with van der Waals surface area (Å²) in [5.74, 6) is 1.89. The van der Waals surface area contributed by atoms with Gasteiger partial charge in [0.05, 0.1) is 0 Å². The quantitative estimate of drug-likeness (QED) is 0.706. The molecule has 0 spiro atoms. The Morgan fingerprint density at radius 2 is 2.00 bits per heavy atom. The van der Waals surface area contributed by atoms with Crippen LogP contribution in [0.3, 0.4) is 0 Å². The number of hydrogen-bond donors (Lipinski definition) is 0. The van der Waals surface area contributed by atoms with E-state index in [-0.39, 0.29) is 0 Å². The topological polar surface area (TPSA) is 16.1 Å². The van der Waals surface area contributed by atoms with Crippen LogP contribution >= 0.6 is 11.6 Å². The number of pyridine rings is 1. The molecule has 2 nitrogen and oxygen atoms in total. The first-order valence-electron chi connectivity index (χ1n) is 6.69. The Balaban J connectivity index is 1.73. The first-order valence-corrected chi connectivity index (χ1v) is 7.07. The number of rotatable bonds is 1. The van der Waals surface area contributed by atoms with Crippen LogP contribution in [-0.4, -0.2) is 18.1 Å². The SMILES string of the molecule is Clc1cc(N2CCC3CCCCC3C2)ccn1. The highest BCUT2D eigenvalue weighted by atomic mass is 35.5. The summed E-state index contributed by atoms with van der Waals surface area (Å²) in [6.45, 7) is 2.40. The van der Waals surface area contributed by atoms with Crippen LogP contribution in [0, 0.1) is 11.8 Å². The van der Waals surface area contributed by atoms with E-state index in [4.69, 9.17) is 11.6 Å². The van der Waals surface area contributed by atoms with Crippen molar-refractivity contribution in [2.24, 2.45) is 11.8 Å². The van der Waals surface area contributed by atoms with Crippen molar-refractivity contribution >= 4 is 17.3 Å². The first-order chi connectivity index (χ1) is 8.33. The molecule has 1 saturated heterocycles. The lowest BCUT2D eigenvalue weighted by Gasteiger charge is -2.42. The average molecular weight is 251 g/mol. The minimum Gasteiger partial charge on any atom is -0.371 e. The monoisotopic (exact) mass is 250 g/mol. The van der Waals surface area contributed by atoms with Crippen LogP contribution in [0.4, 0.5) is 5.69 Å². The lowest BCUT2D eigenvalue weighted by molar-refractivity contribution is 0.202. The third-order valence-corrected chi connectivity index (χ3v) is 4.57. The molecule has 1 saturated carbocycles. The van der Waals surface area contributed by atoms with Gasteiger partial charge in [-0.2, -0.15) is 0 Å². The number of anilines is 1. The van der Waals surface area contributed by atoms with E-state index in [2.05, 4.69) is 16.0 Å². The molecule has 0 aromatic carbocycles. The van der Waals surface area contributed by atoms with Crippen molar-refractivity contribution in [2.45, 2.75) is 32.1 Å². The standard InChI is InChI=1S/C14H19ClN2/c15-14-9-13(5-7-16-14)17-8-6-11-3-1-2-4-12(11)10-17/h5,7,9,11-12H,1-4,6,8,10H2. The molecule has 2 atom stereocenters. The van der Waals surface area contributed by atoms with E-state index in [1.54, 1.807) is 0 Å². The number of aromatic nitrogens is 1. The maximum atomic E-state index is 5.96. The maximum absolute atomic E-state index is 5.96. The van der Waals surface area contributed by atoms with Crippen molar-refractivity contribution in [1.29, 1.82) is 0 Å². The van der Waals surface area contributed by atoms with Crippen molar-refractivity contribution in [2.75, 3.05) is 18.0 Å². The number of hydrogen-bond acceptors (Lipinski definition) is 2. The molecular weight excluding hydrogens is 232 g/mol. The van der Waals surface area contributed by atoms with Crippen molar-refractivity contribution in [3.63, 3.8) is 0 Å². The molecule has 92 valence electrons. The highest BCUT2D eigenvalue weighted by molar-refractivity contribution is 6.29. The van der Waals surface area contributed by atoms with E-state index in [9.17, 15) is 0 Å². The predicted octanol–water partition coefficient (Wildman–Crippen LogP) is 3.75. The van der Waals surface area contributed by atoms with Crippen molar-refractivity contribution < 1.29 is 0 Å². The Morgan fingerprint density at radius 1 is 1.18 bits per heavy atom. The van der Waals surface area contributed by atoms with Crippen LogP contribution in [0.25, 0.3) is 0 Å². The fourth-order valence-corrected chi connectivity index (χ4v) is 3.59. The normalized spacial score (nSPS) is 28.9. The summed E-state index contributed by atoms with van der Waals surface area (Å²) in [7, 11) is 0. The second-order valence-electron chi connectivity index (χ2n) is 5.38. The van der Waals surface area contributed by atoms with Gasteiger partial charge in [0.2, 0.25) is 0 Å². The average Bonchev–Trinajstić information content (AvgIpc) is 2.38. The van der Waals surface area contributed by atoms with E-state index in [0.717, 1.165) is 11.8 Å². The minimum atomic E-state index is 0.605. The number of halogens is 1. The van der Waals surface area contributed by atoms with Crippen LogP contribution in [-0.2, 0) is 0 Å². The second kappa shape index (κ2) is 4.85. The van der Waals surface area contributed by atoms with E-state index >= 15 is 0 Å². The lowest BCUT2D eigenvalue weighted by Crippen LogP contribution is -2.41. The molecule has 2 aliphatic rings. The highest BCUT2D eigenvalue weighted by Gasteiger charge is 2.31. The van der Waals surface area contributed by atoms with Crippen LogP contribution in [0.15, 0.2) is 18.3 Å². The van der Waals surface area contributed by atoms with Gasteiger partial charge in [-0.3, -0.25) is 0 Å². The fourth-order valence-electron chi connectivity index (χ4n) is 3.42. The van der Waals surface area contributed by atoms with Crippen LogP contribution in [0.2, 0.25) is 5.15 Å². The molecule has 3 heteroatoms. The van der Waals surface area contributed by atoms with Gasteiger partial charge in [-0.25, -0.2) is 4.98 Å². The molecule has 2 fully saturated rings. The summed E-state index contributed by atoms with van der Waals surface area (Å²) in [6, 6.07) is 4.07. The highest BCUT2D eigenvalue weighted by Crippen LogP contribution is 2.37. The number of fused-ring (bicyclic) bond motifs is 1. The van der Waals surface area contributed by atoms with Gasteiger partial charge in [0.15, 0.2) is 0 Å². The van der Waals surface area contributed by atoms with Crippen molar-refractivity contribution in [3.05, 3.63) is 23.5 Å². The van der Waals surface area contributed by atoms with Gasteiger partial charge in [-0.05, 0) is 36.8 Å². The van der Waals surface area contributed by atoms with Crippen molar-refractivity contribution in [1.82, 2.24) is 4.98 Å². The molecule has 0 amide bonds. The smallest absolute Gasteiger partial charge is 0.131 e. The summed E-state index contributed by atoms with van der Waals surface area (Å²) < 4.78 is 0. The maximum Gasteiger partial charge on any atom is 0.131 e. The predicted molar refractivity (Wildman–Crippen MR) is 71.5 cm³/mol. The molecule has 0 bridgehead atoms. The zero-order valence-electron chi connectivity index (χ0n) is 10.1. The van der Waals surface area contributed by atoms with Crippen LogP contribution in [0.1, 0.15) is 32.1 Å². The van der Waals surface area contributed by atoms with Gasteiger partial charge in [0.25, 0.3) is 0 Å². The minimum absolute atomic E-state index is 0.605. The molecule has 17 heavy (non-hydrogen) atoms. The van der Waals surface area contributed by atoms with Gasteiger partial charge in [-0.15, -0.1) is 0 Å².